The van der Waals surface area contributed by atoms with E-state index in [2.05, 4.69) is 32.3 Å². The van der Waals surface area contributed by atoms with Crippen LogP contribution in [0.3, 0.4) is 0 Å². The lowest BCUT2D eigenvalue weighted by Crippen LogP contribution is -2.54. The molecule has 6 heteroatoms. The topological polar surface area (TPSA) is 56.7 Å². The van der Waals surface area contributed by atoms with Crippen molar-refractivity contribution in [3.05, 3.63) is 0 Å². The molecule has 2 rings (SSSR count). The zero-order valence-corrected chi connectivity index (χ0v) is 14.1. The second kappa shape index (κ2) is 7.92. The molecule has 2 aliphatic rings. The third-order valence-corrected chi connectivity index (χ3v) is 5.84. The molecule has 1 heterocycles. The van der Waals surface area contributed by atoms with Crippen LogP contribution in [-0.2, 0) is 4.79 Å². The Balaban J connectivity index is 1.84. The Morgan fingerprint density at radius 2 is 1.95 bits per heavy atom. The standard InChI is InChI=1S/C15H28N4OS/c1-13(20)17-8-9-18-14(16-2)19-10-11-21-15(12-19)6-4-3-5-7-15/h3-12H2,1-2H3,(H,16,18)(H,17,20). The number of amides is 1. The van der Waals surface area contributed by atoms with Gasteiger partial charge in [-0.3, -0.25) is 9.79 Å². The summed E-state index contributed by atoms with van der Waals surface area (Å²) < 4.78 is 0.450. The summed E-state index contributed by atoms with van der Waals surface area (Å²) in [6, 6.07) is 0. The quantitative estimate of drug-likeness (QED) is 0.470. The number of hydrogen-bond donors (Lipinski definition) is 2. The average Bonchev–Trinajstić information content (AvgIpc) is 2.48. The Labute approximate surface area is 132 Å². The van der Waals surface area contributed by atoms with Gasteiger partial charge in [-0.05, 0) is 12.8 Å². The molecule has 2 N–H and O–H groups in total. The first-order chi connectivity index (χ1) is 10.2. The predicted octanol–water partition coefficient (Wildman–Crippen LogP) is 1.45. The van der Waals surface area contributed by atoms with Crippen LogP contribution >= 0.6 is 11.8 Å². The number of guanidine groups is 1. The van der Waals surface area contributed by atoms with Gasteiger partial charge in [0, 0.05) is 50.7 Å². The largest absolute Gasteiger partial charge is 0.355 e. The highest BCUT2D eigenvalue weighted by Crippen LogP contribution is 2.42. The normalized spacial score (nSPS) is 22.2. The van der Waals surface area contributed by atoms with Gasteiger partial charge in [0.05, 0.1) is 0 Å². The Morgan fingerprint density at radius 3 is 2.62 bits per heavy atom. The number of thioether (sulfide) groups is 1. The summed E-state index contributed by atoms with van der Waals surface area (Å²) in [7, 11) is 1.84. The van der Waals surface area contributed by atoms with Crippen LogP contribution in [0, 0.1) is 0 Å². The van der Waals surface area contributed by atoms with E-state index in [9.17, 15) is 4.79 Å². The average molecular weight is 312 g/mol. The first-order valence-electron chi connectivity index (χ1n) is 7.99. The predicted molar refractivity (Wildman–Crippen MR) is 89.9 cm³/mol. The van der Waals surface area contributed by atoms with Gasteiger partial charge >= 0.3 is 0 Å². The van der Waals surface area contributed by atoms with Gasteiger partial charge in [-0.1, -0.05) is 19.3 Å². The number of carbonyl (C=O) groups is 1. The van der Waals surface area contributed by atoms with Crippen molar-refractivity contribution in [2.24, 2.45) is 4.99 Å². The number of hydrogen-bond acceptors (Lipinski definition) is 3. The molecule has 1 saturated carbocycles. The third-order valence-electron chi connectivity index (χ3n) is 4.31. The minimum Gasteiger partial charge on any atom is -0.355 e. The summed E-state index contributed by atoms with van der Waals surface area (Å²) in [4.78, 5) is 17.7. The maximum atomic E-state index is 10.9. The van der Waals surface area contributed by atoms with E-state index in [0.29, 0.717) is 11.3 Å². The zero-order valence-electron chi connectivity index (χ0n) is 13.3. The highest BCUT2D eigenvalue weighted by atomic mass is 32.2. The van der Waals surface area contributed by atoms with Crippen molar-refractivity contribution >= 4 is 23.6 Å². The SMILES string of the molecule is CN=C(NCCNC(C)=O)N1CCSC2(CCCCC2)C1. The molecule has 0 unspecified atom stereocenters. The van der Waals surface area contributed by atoms with Gasteiger partial charge in [-0.25, -0.2) is 0 Å². The Kier molecular flexibility index (Phi) is 6.21. The van der Waals surface area contributed by atoms with E-state index in [1.807, 2.05) is 7.05 Å². The highest BCUT2D eigenvalue weighted by Gasteiger charge is 2.38. The molecule has 2 fully saturated rings. The van der Waals surface area contributed by atoms with Crippen LogP contribution in [0.2, 0.25) is 0 Å². The van der Waals surface area contributed by atoms with E-state index in [1.54, 1.807) is 6.92 Å². The molecule has 0 aromatic rings. The third kappa shape index (κ3) is 4.80. The maximum Gasteiger partial charge on any atom is 0.216 e. The molecular weight excluding hydrogens is 284 g/mol. The fraction of sp³-hybridized carbons (Fsp3) is 0.867. The van der Waals surface area contributed by atoms with Gasteiger partial charge in [0.1, 0.15) is 0 Å². The highest BCUT2D eigenvalue weighted by molar-refractivity contribution is 8.00. The molecule has 1 aliphatic heterocycles. The summed E-state index contributed by atoms with van der Waals surface area (Å²) in [6.45, 7) is 5.08. The van der Waals surface area contributed by atoms with Crippen LogP contribution in [0.4, 0.5) is 0 Å². The molecule has 0 radical (unpaired) electrons. The summed E-state index contributed by atoms with van der Waals surface area (Å²) in [5.41, 5.74) is 0. The lowest BCUT2D eigenvalue weighted by Gasteiger charge is -2.45. The minimum absolute atomic E-state index is 0.0160. The van der Waals surface area contributed by atoms with Crippen LogP contribution < -0.4 is 10.6 Å². The molecule has 0 aromatic carbocycles. The fourth-order valence-corrected chi connectivity index (χ4v) is 4.84. The van der Waals surface area contributed by atoms with Crippen molar-refractivity contribution in [2.45, 2.75) is 43.8 Å². The molecule has 0 atom stereocenters. The van der Waals surface area contributed by atoms with E-state index in [1.165, 1.54) is 37.9 Å². The summed E-state index contributed by atoms with van der Waals surface area (Å²) in [5, 5.41) is 6.17. The van der Waals surface area contributed by atoms with Gasteiger partial charge in [0.2, 0.25) is 5.91 Å². The van der Waals surface area contributed by atoms with E-state index in [4.69, 9.17) is 0 Å². The lowest BCUT2D eigenvalue weighted by atomic mass is 9.87. The molecule has 21 heavy (non-hydrogen) atoms. The minimum atomic E-state index is 0.0160. The van der Waals surface area contributed by atoms with Crippen LogP contribution in [0.25, 0.3) is 0 Å². The number of carbonyl (C=O) groups excluding carboxylic acids is 1. The zero-order chi connectivity index (χ0) is 15.1. The molecule has 1 saturated heterocycles. The van der Waals surface area contributed by atoms with Crippen molar-refractivity contribution in [2.75, 3.05) is 39.0 Å². The van der Waals surface area contributed by atoms with Crippen molar-refractivity contribution in [1.82, 2.24) is 15.5 Å². The Hall–Kier alpha value is -0.910. The first-order valence-corrected chi connectivity index (χ1v) is 8.98. The smallest absolute Gasteiger partial charge is 0.216 e. The molecule has 1 amide bonds. The monoisotopic (exact) mass is 312 g/mol. The molecule has 0 bridgehead atoms. The van der Waals surface area contributed by atoms with Gasteiger partial charge in [0.15, 0.2) is 5.96 Å². The molecule has 120 valence electrons. The van der Waals surface area contributed by atoms with Gasteiger partial charge in [-0.15, -0.1) is 0 Å². The lowest BCUT2D eigenvalue weighted by molar-refractivity contribution is -0.118. The fourth-order valence-electron chi connectivity index (χ4n) is 3.27. The molecule has 5 nitrogen and oxygen atoms in total. The van der Waals surface area contributed by atoms with Gasteiger partial charge in [-0.2, -0.15) is 11.8 Å². The van der Waals surface area contributed by atoms with E-state index < -0.39 is 0 Å². The first kappa shape index (κ1) is 16.5. The summed E-state index contributed by atoms with van der Waals surface area (Å²) >= 11 is 2.17. The van der Waals surface area contributed by atoms with Crippen molar-refractivity contribution in [3.8, 4) is 0 Å². The van der Waals surface area contributed by atoms with Gasteiger partial charge in [0.25, 0.3) is 0 Å². The van der Waals surface area contributed by atoms with E-state index in [-0.39, 0.29) is 5.91 Å². The number of aliphatic imine (C=N–C) groups is 1. The van der Waals surface area contributed by atoms with Crippen molar-refractivity contribution in [3.63, 3.8) is 0 Å². The summed E-state index contributed by atoms with van der Waals surface area (Å²) in [5.74, 6) is 2.18. The van der Waals surface area contributed by atoms with E-state index >= 15 is 0 Å². The number of nitrogens with one attached hydrogen (secondary N) is 2. The van der Waals surface area contributed by atoms with Crippen LogP contribution in [0.15, 0.2) is 4.99 Å². The maximum absolute atomic E-state index is 10.9. The summed E-state index contributed by atoms with van der Waals surface area (Å²) in [6.07, 6.45) is 6.82. The second-order valence-corrected chi connectivity index (χ2v) is 7.53. The van der Waals surface area contributed by atoms with Crippen molar-refractivity contribution in [1.29, 1.82) is 0 Å². The van der Waals surface area contributed by atoms with Crippen LogP contribution in [0.5, 0.6) is 0 Å². The molecular formula is C15H28N4OS. The number of rotatable bonds is 3. The van der Waals surface area contributed by atoms with Gasteiger partial charge < -0.3 is 15.5 Å². The Morgan fingerprint density at radius 1 is 1.24 bits per heavy atom. The van der Waals surface area contributed by atoms with Crippen molar-refractivity contribution < 1.29 is 4.79 Å². The van der Waals surface area contributed by atoms with E-state index in [0.717, 1.165) is 25.6 Å². The Bertz CT molecular complexity index is 374. The molecule has 1 aliphatic carbocycles. The molecule has 1 spiro atoms. The van der Waals surface area contributed by atoms with Crippen LogP contribution in [-0.4, -0.2) is 60.5 Å². The second-order valence-electron chi connectivity index (χ2n) is 5.97. The number of nitrogens with zero attached hydrogens (tertiary/aromatic N) is 2. The van der Waals surface area contributed by atoms with Crippen LogP contribution in [0.1, 0.15) is 39.0 Å². The molecule has 0 aromatic heterocycles.